The van der Waals surface area contributed by atoms with Crippen molar-refractivity contribution in [3.05, 3.63) is 29.6 Å². The summed E-state index contributed by atoms with van der Waals surface area (Å²) in [6.07, 6.45) is 0.437. The predicted molar refractivity (Wildman–Crippen MR) is 82.5 cm³/mol. The highest BCUT2D eigenvalue weighted by atomic mass is 19.1. The van der Waals surface area contributed by atoms with Crippen LogP contribution in [0.4, 0.5) is 9.18 Å². The first-order valence-corrected chi connectivity index (χ1v) is 7.81. The van der Waals surface area contributed by atoms with Crippen molar-refractivity contribution in [3.8, 4) is 5.75 Å². The van der Waals surface area contributed by atoms with Crippen LogP contribution in [-0.2, 0) is 4.79 Å². The summed E-state index contributed by atoms with van der Waals surface area (Å²) >= 11 is 0. The van der Waals surface area contributed by atoms with E-state index in [2.05, 4.69) is 0 Å². The molecule has 1 unspecified atom stereocenters. The number of halogens is 1. The summed E-state index contributed by atoms with van der Waals surface area (Å²) in [6.45, 7) is 7.61. The van der Waals surface area contributed by atoms with Gasteiger partial charge < -0.3 is 9.64 Å². The number of fused-ring (bicyclic) bond motifs is 1. The zero-order chi connectivity index (χ0) is 16.9. The van der Waals surface area contributed by atoms with Crippen LogP contribution in [-0.4, -0.2) is 39.9 Å². The molecule has 0 spiro atoms. The number of carbonyl (C=O) groups excluding carboxylic acids is 2. The fraction of sp³-hybridized carbons (Fsp3) is 0.529. The number of benzene rings is 1. The van der Waals surface area contributed by atoms with Gasteiger partial charge in [-0.1, -0.05) is 0 Å². The van der Waals surface area contributed by atoms with Crippen molar-refractivity contribution in [2.24, 2.45) is 0 Å². The zero-order valence-corrected chi connectivity index (χ0v) is 13.8. The monoisotopic (exact) mass is 320 g/mol. The van der Waals surface area contributed by atoms with Crippen LogP contribution in [0.15, 0.2) is 18.2 Å². The van der Waals surface area contributed by atoms with Gasteiger partial charge in [-0.2, -0.15) is 0 Å². The Labute approximate surface area is 135 Å². The van der Waals surface area contributed by atoms with E-state index in [1.54, 1.807) is 6.07 Å². The number of amides is 3. The van der Waals surface area contributed by atoms with Gasteiger partial charge >= 0.3 is 6.03 Å². The summed E-state index contributed by atoms with van der Waals surface area (Å²) in [5.74, 6) is -0.130. The molecule has 0 aromatic heterocycles. The van der Waals surface area contributed by atoms with Crippen LogP contribution in [0.3, 0.4) is 0 Å². The molecule has 1 saturated heterocycles. The van der Waals surface area contributed by atoms with Gasteiger partial charge in [0.25, 0.3) is 5.91 Å². The first kappa shape index (κ1) is 15.8. The van der Waals surface area contributed by atoms with E-state index >= 15 is 0 Å². The minimum Gasteiger partial charge on any atom is -0.487 e. The summed E-state index contributed by atoms with van der Waals surface area (Å²) in [5.41, 5.74) is 0.0121. The van der Waals surface area contributed by atoms with Gasteiger partial charge in [-0.25, -0.2) is 9.18 Å². The Hall–Kier alpha value is -2.11. The minimum atomic E-state index is -0.540. The topological polar surface area (TPSA) is 49.9 Å². The van der Waals surface area contributed by atoms with Gasteiger partial charge in [0.05, 0.1) is 6.04 Å². The molecule has 1 aromatic rings. The Morgan fingerprint density at radius 1 is 1.30 bits per heavy atom. The van der Waals surface area contributed by atoms with E-state index in [1.165, 1.54) is 21.9 Å². The van der Waals surface area contributed by atoms with Crippen LogP contribution in [0, 0.1) is 5.82 Å². The second-order valence-electron chi connectivity index (χ2n) is 7.03. The van der Waals surface area contributed by atoms with Gasteiger partial charge in [0.2, 0.25) is 0 Å². The van der Waals surface area contributed by atoms with Gasteiger partial charge in [-0.3, -0.25) is 9.69 Å². The van der Waals surface area contributed by atoms with Crippen molar-refractivity contribution in [1.29, 1.82) is 0 Å². The number of imide groups is 1. The molecule has 1 aromatic carbocycles. The highest BCUT2D eigenvalue weighted by Crippen LogP contribution is 2.44. The van der Waals surface area contributed by atoms with Gasteiger partial charge in [-0.15, -0.1) is 0 Å². The molecule has 0 bridgehead atoms. The standard InChI is InChI=1S/C17H21FN2O3/c1-10(2)19-9-15(21)20(16(19)22)13-8-17(3,4)23-14-6-5-11(18)7-12(13)14/h5-7,10,13H,8-9H2,1-4H3. The van der Waals surface area contributed by atoms with Gasteiger partial charge in [0.15, 0.2) is 0 Å². The Balaban J connectivity index is 2.04. The van der Waals surface area contributed by atoms with Gasteiger partial charge in [-0.05, 0) is 45.9 Å². The first-order valence-electron chi connectivity index (χ1n) is 7.81. The van der Waals surface area contributed by atoms with Crippen LogP contribution in [0.25, 0.3) is 0 Å². The lowest BCUT2D eigenvalue weighted by atomic mass is 9.88. The fourth-order valence-electron chi connectivity index (χ4n) is 3.26. The molecule has 3 rings (SSSR count). The molecule has 0 N–H and O–H groups in total. The maximum absolute atomic E-state index is 13.7. The Morgan fingerprint density at radius 2 is 2.00 bits per heavy atom. The molecular weight excluding hydrogens is 299 g/mol. The zero-order valence-electron chi connectivity index (χ0n) is 13.8. The predicted octanol–water partition coefficient (Wildman–Crippen LogP) is 3.10. The minimum absolute atomic E-state index is 0.0590. The van der Waals surface area contributed by atoms with Crippen LogP contribution < -0.4 is 4.74 Å². The van der Waals surface area contributed by atoms with Crippen molar-refractivity contribution in [2.75, 3.05) is 6.54 Å². The molecule has 1 atom stereocenters. The molecule has 0 aliphatic carbocycles. The van der Waals surface area contributed by atoms with Gasteiger partial charge in [0.1, 0.15) is 23.7 Å². The van der Waals surface area contributed by atoms with E-state index in [4.69, 9.17) is 4.74 Å². The SMILES string of the molecule is CC(C)N1CC(=O)N(C2CC(C)(C)Oc3ccc(F)cc32)C1=O. The number of hydrogen-bond donors (Lipinski definition) is 0. The largest absolute Gasteiger partial charge is 0.487 e. The van der Waals surface area contributed by atoms with Crippen LogP contribution in [0.2, 0.25) is 0 Å². The van der Waals surface area contributed by atoms with E-state index in [9.17, 15) is 14.0 Å². The Kier molecular flexibility index (Phi) is 3.58. The highest BCUT2D eigenvalue weighted by molar-refractivity contribution is 6.02. The normalized spacial score (nSPS) is 23.3. The van der Waals surface area contributed by atoms with Crippen LogP contribution in [0.5, 0.6) is 5.75 Å². The van der Waals surface area contributed by atoms with Gasteiger partial charge in [0, 0.05) is 18.0 Å². The summed E-state index contributed by atoms with van der Waals surface area (Å²) in [6, 6.07) is 3.36. The number of hydrogen-bond acceptors (Lipinski definition) is 3. The first-order chi connectivity index (χ1) is 10.7. The fourth-order valence-corrected chi connectivity index (χ4v) is 3.26. The lowest BCUT2D eigenvalue weighted by Crippen LogP contribution is -2.45. The van der Waals surface area contributed by atoms with E-state index in [0.29, 0.717) is 17.7 Å². The van der Waals surface area contributed by atoms with E-state index in [-0.39, 0.29) is 24.5 Å². The van der Waals surface area contributed by atoms with Crippen molar-refractivity contribution in [3.63, 3.8) is 0 Å². The molecule has 1 fully saturated rings. The summed E-state index contributed by atoms with van der Waals surface area (Å²) in [7, 11) is 0. The summed E-state index contributed by atoms with van der Waals surface area (Å²) < 4.78 is 19.6. The van der Waals surface area contributed by atoms with Crippen LogP contribution >= 0.6 is 0 Å². The molecule has 124 valence electrons. The summed E-state index contributed by atoms with van der Waals surface area (Å²) in [5, 5.41) is 0. The number of urea groups is 1. The third-order valence-corrected chi connectivity index (χ3v) is 4.36. The van der Waals surface area contributed by atoms with Crippen molar-refractivity contribution in [2.45, 2.75) is 51.8 Å². The average Bonchev–Trinajstić information content (AvgIpc) is 2.73. The third kappa shape index (κ3) is 2.66. The molecule has 2 aliphatic heterocycles. The lowest BCUT2D eigenvalue weighted by molar-refractivity contribution is -0.128. The Bertz CT molecular complexity index is 672. The second-order valence-corrected chi connectivity index (χ2v) is 7.03. The third-order valence-electron chi connectivity index (χ3n) is 4.36. The van der Waals surface area contributed by atoms with E-state index in [0.717, 1.165) is 0 Å². The molecule has 5 nitrogen and oxygen atoms in total. The molecule has 23 heavy (non-hydrogen) atoms. The van der Waals surface area contributed by atoms with E-state index < -0.39 is 17.5 Å². The quantitative estimate of drug-likeness (QED) is 0.787. The van der Waals surface area contributed by atoms with Crippen molar-refractivity contribution < 1.29 is 18.7 Å². The lowest BCUT2D eigenvalue weighted by Gasteiger charge is -2.40. The number of rotatable bonds is 2. The molecule has 2 heterocycles. The molecule has 6 heteroatoms. The maximum atomic E-state index is 13.7. The van der Waals surface area contributed by atoms with Crippen molar-refractivity contribution in [1.82, 2.24) is 9.80 Å². The average molecular weight is 320 g/mol. The molecule has 0 radical (unpaired) electrons. The Morgan fingerprint density at radius 3 is 2.61 bits per heavy atom. The second kappa shape index (κ2) is 5.22. The molecule has 2 aliphatic rings. The summed E-state index contributed by atoms with van der Waals surface area (Å²) in [4.78, 5) is 27.9. The highest BCUT2D eigenvalue weighted by Gasteiger charge is 2.46. The smallest absolute Gasteiger partial charge is 0.328 e. The number of nitrogens with zero attached hydrogens (tertiary/aromatic N) is 2. The molecule has 0 saturated carbocycles. The number of ether oxygens (including phenoxy) is 1. The maximum Gasteiger partial charge on any atom is 0.328 e. The van der Waals surface area contributed by atoms with Crippen LogP contribution in [0.1, 0.15) is 45.7 Å². The van der Waals surface area contributed by atoms with Crippen molar-refractivity contribution >= 4 is 11.9 Å². The molecular formula is C17H21FN2O3. The van der Waals surface area contributed by atoms with E-state index in [1.807, 2.05) is 27.7 Å². The molecule has 3 amide bonds. The number of carbonyl (C=O) groups is 2.